The number of nitrogens with one attached hydrogen (secondary N) is 1. The number of nitrogens with two attached hydrogens (primary N) is 1. The van der Waals surface area contributed by atoms with Crippen molar-refractivity contribution in [1.29, 1.82) is 0 Å². The summed E-state index contributed by atoms with van der Waals surface area (Å²) in [6, 6.07) is 12.5. The molecule has 2 aromatic rings. The van der Waals surface area contributed by atoms with Crippen molar-refractivity contribution >= 4 is 15.9 Å². The quantitative estimate of drug-likeness (QED) is 0.638. The lowest BCUT2D eigenvalue weighted by Gasteiger charge is -2.18. The fourth-order valence-electron chi connectivity index (χ4n) is 2.19. The highest BCUT2D eigenvalue weighted by Gasteiger charge is 2.23. The van der Waals surface area contributed by atoms with E-state index in [0.717, 1.165) is 29.7 Å². The minimum atomic E-state index is -0.289. The first-order valence-corrected chi connectivity index (χ1v) is 7.64. The lowest BCUT2D eigenvalue weighted by Crippen LogP contribution is -2.28. The summed E-state index contributed by atoms with van der Waals surface area (Å²) < 4.78 is 19.5. The molecule has 0 heterocycles. The normalized spacial score (nSPS) is 15.8. The molecule has 5 heteroatoms. The van der Waals surface area contributed by atoms with Crippen molar-refractivity contribution in [3.8, 4) is 5.75 Å². The Labute approximate surface area is 131 Å². The Bertz CT molecular complexity index is 629. The largest absolute Gasteiger partial charge is 0.490 e. The van der Waals surface area contributed by atoms with Gasteiger partial charge in [0.25, 0.3) is 0 Å². The van der Waals surface area contributed by atoms with Crippen molar-refractivity contribution in [2.45, 2.75) is 25.0 Å². The first-order chi connectivity index (χ1) is 10.2. The van der Waals surface area contributed by atoms with E-state index in [1.807, 2.05) is 24.3 Å². The van der Waals surface area contributed by atoms with Crippen LogP contribution < -0.4 is 16.0 Å². The lowest BCUT2D eigenvalue weighted by molar-refractivity contribution is 0.303. The average Bonchev–Trinajstić information content (AvgIpc) is 3.29. The van der Waals surface area contributed by atoms with Crippen molar-refractivity contribution < 1.29 is 9.13 Å². The molecule has 1 fully saturated rings. The van der Waals surface area contributed by atoms with Crippen LogP contribution in [0.4, 0.5) is 4.39 Å². The Morgan fingerprint density at radius 2 is 1.81 bits per heavy atom. The van der Waals surface area contributed by atoms with Crippen LogP contribution in [-0.4, -0.2) is 6.10 Å². The maximum Gasteiger partial charge on any atom is 0.137 e. The molecule has 1 atom stereocenters. The maximum absolute atomic E-state index is 13.3. The molecule has 3 rings (SSSR count). The van der Waals surface area contributed by atoms with Crippen LogP contribution in [0.15, 0.2) is 46.9 Å². The van der Waals surface area contributed by atoms with Crippen molar-refractivity contribution in [2.75, 3.05) is 0 Å². The van der Waals surface area contributed by atoms with Crippen LogP contribution in [0.3, 0.4) is 0 Å². The molecule has 0 amide bonds. The van der Waals surface area contributed by atoms with Gasteiger partial charge in [-0.1, -0.05) is 18.2 Å². The van der Waals surface area contributed by atoms with E-state index in [9.17, 15) is 4.39 Å². The van der Waals surface area contributed by atoms with Gasteiger partial charge in [-0.3, -0.25) is 5.84 Å². The molecule has 1 aliphatic rings. The summed E-state index contributed by atoms with van der Waals surface area (Å²) in [6.45, 7) is 0. The highest BCUT2D eigenvalue weighted by Crippen LogP contribution is 2.29. The van der Waals surface area contributed by atoms with Crippen molar-refractivity contribution in [1.82, 2.24) is 5.43 Å². The second kappa shape index (κ2) is 6.13. The molecular formula is C16H16BrFN2O. The molecule has 0 bridgehead atoms. The van der Waals surface area contributed by atoms with Crippen LogP contribution in [0.25, 0.3) is 0 Å². The molecule has 1 unspecified atom stereocenters. The molecule has 0 spiro atoms. The van der Waals surface area contributed by atoms with E-state index in [2.05, 4.69) is 21.4 Å². The van der Waals surface area contributed by atoms with Crippen LogP contribution >= 0.6 is 15.9 Å². The van der Waals surface area contributed by atoms with Gasteiger partial charge < -0.3 is 4.74 Å². The van der Waals surface area contributed by atoms with Crippen molar-refractivity contribution in [3.63, 3.8) is 0 Å². The summed E-state index contributed by atoms with van der Waals surface area (Å²) in [6.07, 6.45) is 2.66. The molecule has 0 aromatic heterocycles. The fraction of sp³-hybridized carbons (Fsp3) is 0.250. The SMILES string of the molecule is NNC(c1ccc(OC2CC2)cc1)c1ccc(F)c(Br)c1. The van der Waals surface area contributed by atoms with Crippen molar-refractivity contribution in [3.05, 3.63) is 63.9 Å². The third kappa shape index (κ3) is 3.43. The molecule has 3 N–H and O–H groups in total. The first-order valence-electron chi connectivity index (χ1n) is 6.85. The monoisotopic (exact) mass is 350 g/mol. The second-order valence-electron chi connectivity index (χ2n) is 5.16. The van der Waals surface area contributed by atoms with E-state index in [4.69, 9.17) is 10.6 Å². The number of hydrogen-bond donors (Lipinski definition) is 2. The van der Waals surface area contributed by atoms with Crippen LogP contribution in [0, 0.1) is 5.82 Å². The van der Waals surface area contributed by atoms with E-state index >= 15 is 0 Å². The zero-order valence-corrected chi connectivity index (χ0v) is 12.9. The Morgan fingerprint density at radius 3 is 2.38 bits per heavy atom. The average molecular weight is 351 g/mol. The summed E-state index contributed by atoms with van der Waals surface area (Å²) in [5, 5.41) is 0. The van der Waals surface area contributed by atoms with Gasteiger partial charge >= 0.3 is 0 Å². The zero-order valence-electron chi connectivity index (χ0n) is 11.4. The molecule has 0 aliphatic heterocycles. The van der Waals surface area contributed by atoms with Gasteiger partial charge in [-0.15, -0.1) is 0 Å². The Hall–Kier alpha value is -1.43. The number of benzene rings is 2. The number of rotatable bonds is 5. The summed E-state index contributed by atoms with van der Waals surface area (Å²) in [5.74, 6) is 6.25. The molecule has 1 aliphatic carbocycles. The van der Waals surface area contributed by atoms with Crippen LogP contribution in [0.2, 0.25) is 0 Å². The predicted octanol–water partition coefficient (Wildman–Crippen LogP) is 3.68. The van der Waals surface area contributed by atoms with Gasteiger partial charge in [0.15, 0.2) is 0 Å². The van der Waals surface area contributed by atoms with Crippen LogP contribution in [0.5, 0.6) is 5.75 Å². The van der Waals surface area contributed by atoms with Crippen LogP contribution in [-0.2, 0) is 0 Å². The molecule has 3 nitrogen and oxygen atoms in total. The third-order valence-corrected chi connectivity index (χ3v) is 4.09. The maximum atomic E-state index is 13.3. The van der Waals surface area contributed by atoms with Gasteiger partial charge in [0.05, 0.1) is 16.6 Å². The second-order valence-corrected chi connectivity index (χ2v) is 6.01. The van der Waals surface area contributed by atoms with Gasteiger partial charge in [0, 0.05) is 0 Å². The summed E-state index contributed by atoms with van der Waals surface area (Å²) in [7, 11) is 0. The third-order valence-electron chi connectivity index (χ3n) is 3.48. The molecule has 110 valence electrons. The van der Waals surface area contributed by atoms with Gasteiger partial charge in [0.2, 0.25) is 0 Å². The molecule has 0 saturated heterocycles. The Morgan fingerprint density at radius 1 is 1.14 bits per heavy atom. The minimum absolute atomic E-state index is 0.197. The van der Waals surface area contributed by atoms with Crippen LogP contribution in [0.1, 0.15) is 30.0 Å². The van der Waals surface area contributed by atoms with E-state index in [1.54, 1.807) is 12.1 Å². The fourth-order valence-corrected chi connectivity index (χ4v) is 2.59. The lowest BCUT2D eigenvalue weighted by atomic mass is 9.99. The van der Waals surface area contributed by atoms with Gasteiger partial charge in [-0.2, -0.15) is 0 Å². The number of ether oxygens (including phenoxy) is 1. The minimum Gasteiger partial charge on any atom is -0.490 e. The predicted molar refractivity (Wildman–Crippen MR) is 83.4 cm³/mol. The van der Waals surface area contributed by atoms with E-state index in [1.165, 1.54) is 6.07 Å². The van der Waals surface area contributed by atoms with E-state index in [0.29, 0.717) is 10.6 Å². The highest BCUT2D eigenvalue weighted by atomic mass is 79.9. The summed E-state index contributed by atoms with van der Waals surface area (Å²) in [4.78, 5) is 0. The summed E-state index contributed by atoms with van der Waals surface area (Å²) in [5.41, 5.74) is 4.66. The molecule has 21 heavy (non-hydrogen) atoms. The van der Waals surface area contributed by atoms with E-state index in [-0.39, 0.29) is 11.9 Å². The number of hydrazine groups is 1. The van der Waals surface area contributed by atoms with E-state index < -0.39 is 0 Å². The molecular weight excluding hydrogens is 335 g/mol. The Balaban J connectivity index is 1.82. The highest BCUT2D eigenvalue weighted by molar-refractivity contribution is 9.10. The molecule has 0 radical (unpaired) electrons. The number of halogens is 2. The number of hydrogen-bond acceptors (Lipinski definition) is 3. The van der Waals surface area contributed by atoms with Gasteiger partial charge in [0.1, 0.15) is 11.6 Å². The zero-order chi connectivity index (χ0) is 14.8. The topological polar surface area (TPSA) is 47.3 Å². The van der Waals surface area contributed by atoms with Gasteiger partial charge in [-0.05, 0) is 64.2 Å². The Kier molecular flexibility index (Phi) is 4.24. The standard InChI is InChI=1S/C16H16BrFN2O/c17-14-9-11(3-8-15(14)18)16(20-19)10-1-4-12(5-2-10)21-13-6-7-13/h1-5,8-9,13,16,20H,6-7,19H2. The molecule has 1 saturated carbocycles. The van der Waals surface area contributed by atoms with Gasteiger partial charge in [-0.25, -0.2) is 9.82 Å². The molecule has 2 aromatic carbocycles. The van der Waals surface area contributed by atoms with Crippen molar-refractivity contribution in [2.24, 2.45) is 5.84 Å². The smallest absolute Gasteiger partial charge is 0.137 e. The summed E-state index contributed by atoms with van der Waals surface area (Å²) >= 11 is 3.20. The first kappa shape index (κ1) is 14.5.